The molecule has 0 radical (unpaired) electrons. The SMILES string of the molecule is Cc1c(Br)cc2c(c1C)Oc1c(C)c(O)c(O)c(C)c1O2. The van der Waals surface area contributed by atoms with Gasteiger partial charge in [-0.2, -0.15) is 0 Å². The number of benzene rings is 2. The first kappa shape index (κ1) is 14.1. The second kappa shape index (κ2) is 4.56. The molecule has 1 aliphatic heterocycles. The molecule has 0 saturated heterocycles. The molecule has 0 aromatic heterocycles. The Morgan fingerprint density at radius 2 is 1.29 bits per heavy atom. The predicted molar refractivity (Wildman–Crippen MR) is 83.0 cm³/mol. The minimum atomic E-state index is -0.179. The summed E-state index contributed by atoms with van der Waals surface area (Å²) in [4.78, 5) is 0. The van der Waals surface area contributed by atoms with Gasteiger partial charge in [0.1, 0.15) is 0 Å². The van der Waals surface area contributed by atoms with Crippen molar-refractivity contribution in [1.29, 1.82) is 0 Å². The van der Waals surface area contributed by atoms with Gasteiger partial charge in [0, 0.05) is 15.6 Å². The van der Waals surface area contributed by atoms with E-state index in [1.165, 1.54) is 0 Å². The van der Waals surface area contributed by atoms with Gasteiger partial charge in [-0.3, -0.25) is 0 Å². The van der Waals surface area contributed by atoms with Gasteiger partial charge in [0.2, 0.25) is 0 Å². The van der Waals surface area contributed by atoms with Crippen molar-refractivity contribution in [3.05, 3.63) is 32.8 Å². The van der Waals surface area contributed by atoms with Crippen LogP contribution in [0.3, 0.4) is 0 Å². The molecule has 0 spiro atoms. The first-order chi connectivity index (χ1) is 9.82. The number of ether oxygens (including phenoxy) is 2. The molecule has 0 fully saturated rings. The second-order valence-electron chi connectivity index (χ2n) is 5.25. The summed E-state index contributed by atoms with van der Waals surface area (Å²) in [6.07, 6.45) is 0. The molecule has 0 atom stereocenters. The van der Waals surface area contributed by atoms with E-state index in [1.807, 2.05) is 19.9 Å². The normalized spacial score (nSPS) is 12.2. The van der Waals surface area contributed by atoms with Gasteiger partial charge in [0.25, 0.3) is 0 Å². The topological polar surface area (TPSA) is 58.9 Å². The number of phenolic OH excluding ortho intramolecular Hbond substituents is 2. The van der Waals surface area contributed by atoms with Crippen LogP contribution in [0, 0.1) is 27.7 Å². The molecule has 5 heteroatoms. The number of hydrogen-bond donors (Lipinski definition) is 2. The first-order valence-corrected chi connectivity index (χ1v) is 7.32. The molecule has 2 aromatic carbocycles. The van der Waals surface area contributed by atoms with Gasteiger partial charge in [-0.25, -0.2) is 0 Å². The van der Waals surface area contributed by atoms with Crippen LogP contribution >= 0.6 is 15.9 Å². The largest absolute Gasteiger partial charge is 0.504 e. The van der Waals surface area contributed by atoms with E-state index >= 15 is 0 Å². The summed E-state index contributed by atoms with van der Waals surface area (Å²) >= 11 is 3.50. The summed E-state index contributed by atoms with van der Waals surface area (Å²) in [5.41, 5.74) is 2.94. The Bertz CT molecular complexity index is 781. The molecule has 0 unspecified atom stereocenters. The van der Waals surface area contributed by atoms with Crippen molar-refractivity contribution < 1.29 is 19.7 Å². The average molecular weight is 351 g/mol. The Kier molecular flexibility index (Phi) is 3.06. The van der Waals surface area contributed by atoms with Gasteiger partial charge in [-0.05, 0) is 44.9 Å². The highest BCUT2D eigenvalue weighted by molar-refractivity contribution is 9.10. The fourth-order valence-corrected chi connectivity index (χ4v) is 2.90. The summed E-state index contributed by atoms with van der Waals surface area (Å²) in [6, 6.07) is 1.85. The Morgan fingerprint density at radius 1 is 0.762 bits per heavy atom. The number of aromatic hydroxyl groups is 2. The lowest BCUT2D eigenvalue weighted by Crippen LogP contribution is -2.05. The first-order valence-electron chi connectivity index (χ1n) is 6.53. The Balaban J connectivity index is 2.27. The molecule has 1 heterocycles. The van der Waals surface area contributed by atoms with Crippen molar-refractivity contribution >= 4 is 15.9 Å². The Hall–Kier alpha value is -1.88. The van der Waals surface area contributed by atoms with Crippen molar-refractivity contribution in [2.24, 2.45) is 0 Å². The van der Waals surface area contributed by atoms with Crippen LogP contribution in [0.1, 0.15) is 22.3 Å². The maximum Gasteiger partial charge on any atom is 0.177 e. The smallest absolute Gasteiger partial charge is 0.177 e. The number of phenols is 2. The van der Waals surface area contributed by atoms with Crippen LogP contribution < -0.4 is 9.47 Å². The molecule has 0 aliphatic carbocycles. The van der Waals surface area contributed by atoms with E-state index in [2.05, 4.69) is 15.9 Å². The molecule has 0 amide bonds. The second-order valence-corrected chi connectivity index (χ2v) is 6.10. The number of fused-ring (bicyclic) bond motifs is 2. The number of rotatable bonds is 0. The summed E-state index contributed by atoms with van der Waals surface area (Å²) in [5.74, 6) is 1.75. The van der Waals surface area contributed by atoms with Gasteiger partial charge in [-0.15, -0.1) is 0 Å². The summed E-state index contributed by atoms with van der Waals surface area (Å²) < 4.78 is 12.8. The molecule has 2 aromatic rings. The molecule has 4 nitrogen and oxygen atoms in total. The van der Waals surface area contributed by atoms with Crippen LogP contribution in [0.4, 0.5) is 0 Å². The molecule has 1 aliphatic rings. The van der Waals surface area contributed by atoms with E-state index in [9.17, 15) is 10.2 Å². The molecule has 2 N–H and O–H groups in total. The van der Waals surface area contributed by atoms with Crippen LogP contribution in [0.5, 0.6) is 34.5 Å². The van der Waals surface area contributed by atoms with Crippen LogP contribution in [-0.4, -0.2) is 10.2 Å². The fraction of sp³-hybridized carbons (Fsp3) is 0.250. The summed E-state index contributed by atoms with van der Waals surface area (Å²) in [6.45, 7) is 7.31. The van der Waals surface area contributed by atoms with Crippen molar-refractivity contribution in [2.75, 3.05) is 0 Å². The minimum absolute atomic E-state index is 0.176. The number of hydrogen-bond acceptors (Lipinski definition) is 4. The molecule has 0 saturated carbocycles. The van der Waals surface area contributed by atoms with E-state index < -0.39 is 0 Å². The molecule has 3 rings (SSSR count). The van der Waals surface area contributed by atoms with Crippen molar-refractivity contribution in [1.82, 2.24) is 0 Å². The van der Waals surface area contributed by atoms with Gasteiger partial charge < -0.3 is 19.7 Å². The zero-order valence-corrected chi connectivity index (χ0v) is 13.8. The lowest BCUT2D eigenvalue weighted by atomic mass is 10.0. The quantitative estimate of drug-likeness (QED) is 0.560. The standard InChI is InChI=1S/C16H15BrO4/c1-6-7(2)14-11(5-10(6)17)20-15-8(3)12(18)13(19)9(4)16(15)21-14/h5,18-19H,1-4H3. The molecule has 110 valence electrons. The minimum Gasteiger partial charge on any atom is -0.504 e. The monoisotopic (exact) mass is 350 g/mol. The van der Waals surface area contributed by atoms with Crippen LogP contribution in [0.25, 0.3) is 0 Å². The highest BCUT2D eigenvalue weighted by Gasteiger charge is 2.29. The van der Waals surface area contributed by atoms with Gasteiger partial charge in [0.05, 0.1) is 0 Å². The van der Waals surface area contributed by atoms with E-state index in [1.54, 1.807) is 13.8 Å². The summed E-state index contributed by atoms with van der Waals surface area (Å²) in [5, 5.41) is 19.9. The van der Waals surface area contributed by atoms with Gasteiger partial charge in [-0.1, -0.05) is 15.9 Å². The zero-order valence-electron chi connectivity index (χ0n) is 12.2. The Labute approximate surface area is 131 Å². The zero-order chi connectivity index (χ0) is 15.5. The molecule has 21 heavy (non-hydrogen) atoms. The van der Waals surface area contributed by atoms with Crippen molar-refractivity contribution in [3.8, 4) is 34.5 Å². The predicted octanol–water partition coefficient (Wildman–Crippen LogP) is 4.99. The lowest BCUT2D eigenvalue weighted by Gasteiger charge is -2.26. The Morgan fingerprint density at radius 3 is 1.86 bits per heavy atom. The molecule has 0 bridgehead atoms. The lowest BCUT2D eigenvalue weighted by molar-refractivity contribution is 0.337. The van der Waals surface area contributed by atoms with Gasteiger partial charge in [0.15, 0.2) is 34.5 Å². The van der Waals surface area contributed by atoms with Crippen LogP contribution in [0.15, 0.2) is 10.5 Å². The van der Waals surface area contributed by atoms with E-state index in [-0.39, 0.29) is 11.5 Å². The molecular weight excluding hydrogens is 336 g/mol. The summed E-state index contributed by atoms with van der Waals surface area (Å²) in [7, 11) is 0. The van der Waals surface area contributed by atoms with Crippen LogP contribution in [0.2, 0.25) is 0 Å². The third-order valence-corrected chi connectivity index (χ3v) is 4.80. The van der Waals surface area contributed by atoms with Crippen molar-refractivity contribution in [3.63, 3.8) is 0 Å². The highest BCUT2D eigenvalue weighted by Crippen LogP contribution is 2.55. The average Bonchev–Trinajstić information content (AvgIpc) is 2.47. The maximum absolute atomic E-state index is 9.97. The maximum atomic E-state index is 9.97. The van der Waals surface area contributed by atoms with Gasteiger partial charge >= 0.3 is 0 Å². The highest BCUT2D eigenvalue weighted by atomic mass is 79.9. The fourth-order valence-electron chi connectivity index (χ4n) is 2.39. The number of halogens is 1. The van der Waals surface area contributed by atoms with Crippen LogP contribution in [-0.2, 0) is 0 Å². The van der Waals surface area contributed by atoms with E-state index in [0.29, 0.717) is 34.1 Å². The third-order valence-electron chi connectivity index (χ3n) is 3.98. The van der Waals surface area contributed by atoms with E-state index in [4.69, 9.17) is 9.47 Å². The molecular formula is C16H15BrO4. The van der Waals surface area contributed by atoms with E-state index in [0.717, 1.165) is 15.6 Å². The van der Waals surface area contributed by atoms with Crippen molar-refractivity contribution in [2.45, 2.75) is 27.7 Å². The third kappa shape index (κ3) is 1.87.